The minimum Gasteiger partial charge on any atom is -0.309 e. The molecule has 2 aliphatic rings. The fraction of sp³-hybridized carbons (Fsp3) is 0.294. The molecule has 1 fully saturated rings. The minimum atomic E-state index is -0.462. The van der Waals surface area contributed by atoms with E-state index < -0.39 is 5.91 Å². The number of nitrogens with zero attached hydrogens (tertiary/aromatic N) is 3. The Labute approximate surface area is 152 Å². The van der Waals surface area contributed by atoms with Gasteiger partial charge >= 0.3 is 0 Å². The lowest BCUT2D eigenvalue weighted by molar-refractivity contribution is -0.141. The van der Waals surface area contributed by atoms with Crippen molar-refractivity contribution >= 4 is 35.3 Å². The summed E-state index contributed by atoms with van der Waals surface area (Å²) in [6.45, 7) is -0.311. The van der Waals surface area contributed by atoms with Crippen LogP contribution in [0.25, 0.3) is 5.69 Å². The van der Waals surface area contributed by atoms with Gasteiger partial charge in [0.25, 0.3) is 0 Å². The van der Waals surface area contributed by atoms with Gasteiger partial charge in [0.05, 0.1) is 11.4 Å². The van der Waals surface area contributed by atoms with Gasteiger partial charge in [-0.3, -0.25) is 19.3 Å². The van der Waals surface area contributed by atoms with E-state index in [0.29, 0.717) is 17.3 Å². The monoisotopic (exact) mass is 374 g/mol. The second-order valence-electron chi connectivity index (χ2n) is 6.08. The number of anilines is 1. The van der Waals surface area contributed by atoms with Gasteiger partial charge in [-0.05, 0) is 24.3 Å². The van der Waals surface area contributed by atoms with Crippen LogP contribution in [0.3, 0.4) is 0 Å². The predicted molar refractivity (Wildman–Crippen MR) is 93.1 cm³/mol. The first-order valence-electron chi connectivity index (χ1n) is 8.10. The fourth-order valence-electron chi connectivity index (χ4n) is 3.02. The number of nitrogens with one attached hydrogen (secondary N) is 1. The van der Waals surface area contributed by atoms with E-state index in [-0.39, 0.29) is 37.0 Å². The van der Waals surface area contributed by atoms with E-state index in [2.05, 4.69) is 10.4 Å². The first-order valence-corrected chi connectivity index (χ1v) is 9.26. The normalized spacial score (nSPS) is 16.3. The Morgan fingerprint density at radius 1 is 1.15 bits per heavy atom. The molecule has 2 aromatic rings. The number of thioether (sulfide) groups is 1. The SMILES string of the molecule is O=C(CN1C(=O)CCC1=O)Nc1c2c(nn1-c1ccc(F)cc1)CSC2. The molecule has 0 aliphatic carbocycles. The summed E-state index contributed by atoms with van der Waals surface area (Å²) < 4.78 is 14.8. The van der Waals surface area contributed by atoms with Crippen molar-refractivity contribution in [3.8, 4) is 5.69 Å². The van der Waals surface area contributed by atoms with Gasteiger partial charge in [0.2, 0.25) is 17.7 Å². The van der Waals surface area contributed by atoms with Crippen molar-refractivity contribution in [2.75, 3.05) is 11.9 Å². The van der Waals surface area contributed by atoms with Crippen LogP contribution in [0.2, 0.25) is 0 Å². The molecule has 0 bridgehead atoms. The van der Waals surface area contributed by atoms with E-state index in [1.807, 2.05) is 0 Å². The van der Waals surface area contributed by atoms with Gasteiger partial charge < -0.3 is 5.32 Å². The maximum Gasteiger partial charge on any atom is 0.245 e. The smallest absolute Gasteiger partial charge is 0.245 e. The average molecular weight is 374 g/mol. The number of fused-ring (bicyclic) bond motifs is 1. The molecule has 26 heavy (non-hydrogen) atoms. The summed E-state index contributed by atoms with van der Waals surface area (Å²) in [5.41, 5.74) is 2.39. The zero-order valence-corrected chi connectivity index (χ0v) is 14.5. The number of likely N-dealkylation sites (tertiary alicyclic amines) is 1. The van der Waals surface area contributed by atoms with Crippen LogP contribution in [-0.4, -0.2) is 38.9 Å². The Hall–Kier alpha value is -2.68. The van der Waals surface area contributed by atoms with Gasteiger partial charge in [-0.25, -0.2) is 9.07 Å². The van der Waals surface area contributed by atoms with E-state index in [1.165, 1.54) is 12.1 Å². The van der Waals surface area contributed by atoms with E-state index >= 15 is 0 Å². The van der Waals surface area contributed by atoms with Crippen molar-refractivity contribution in [1.29, 1.82) is 0 Å². The summed E-state index contributed by atoms with van der Waals surface area (Å²) in [5.74, 6) is 0.442. The third kappa shape index (κ3) is 2.98. The molecule has 0 unspecified atom stereocenters. The van der Waals surface area contributed by atoms with Crippen molar-refractivity contribution in [1.82, 2.24) is 14.7 Å². The molecule has 7 nitrogen and oxygen atoms in total. The number of aromatic nitrogens is 2. The molecule has 1 aromatic carbocycles. The van der Waals surface area contributed by atoms with Gasteiger partial charge in [-0.1, -0.05) is 0 Å². The Morgan fingerprint density at radius 3 is 2.54 bits per heavy atom. The first kappa shape index (κ1) is 16.8. The highest BCUT2D eigenvalue weighted by Crippen LogP contribution is 2.36. The lowest BCUT2D eigenvalue weighted by Crippen LogP contribution is -2.37. The molecule has 9 heteroatoms. The van der Waals surface area contributed by atoms with E-state index in [9.17, 15) is 18.8 Å². The lowest BCUT2D eigenvalue weighted by atomic mass is 10.2. The molecule has 1 saturated heterocycles. The summed E-state index contributed by atoms with van der Waals surface area (Å²) in [6.07, 6.45) is 0.289. The van der Waals surface area contributed by atoms with Gasteiger partial charge in [0.15, 0.2) is 0 Å². The third-order valence-electron chi connectivity index (χ3n) is 4.34. The van der Waals surface area contributed by atoms with Gasteiger partial charge in [-0.2, -0.15) is 16.9 Å². The van der Waals surface area contributed by atoms with E-state index in [0.717, 1.165) is 21.9 Å². The number of imide groups is 1. The van der Waals surface area contributed by atoms with Crippen LogP contribution < -0.4 is 5.32 Å². The molecule has 3 heterocycles. The Kier molecular flexibility index (Phi) is 4.23. The van der Waals surface area contributed by atoms with Crippen molar-refractivity contribution in [3.05, 3.63) is 41.3 Å². The molecular weight excluding hydrogens is 359 g/mol. The van der Waals surface area contributed by atoms with Crippen LogP contribution in [0.15, 0.2) is 24.3 Å². The van der Waals surface area contributed by atoms with E-state index in [4.69, 9.17) is 0 Å². The second kappa shape index (κ2) is 6.56. The highest BCUT2D eigenvalue weighted by Gasteiger charge is 2.31. The lowest BCUT2D eigenvalue weighted by Gasteiger charge is -2.15. The Morgan fingerprint density at radius 2 is 1.85 bits per heavy atom. The zero-order valence-electron chi connectivity index (χ0n) is 13.7. The molecule has 2 aliphatic heterocycles. The molecule has 0 atom stereocenters. The van der Waals surface area contributed by atoms with Crippen LogP contribution in [0, 0.1) is 5.82 Å². The van der Waals surface area contributed by atoms with E-state index in [1.54, 1.807) is 28.6 Å². The zero-order chi connectivity index (χ0) is 18.3. The average Bonchev–Trinajstić information content (AvgIpc) is 3.28. The molecule has 134 valence electrons. The number of carbonyl (C=O) groups excluding carboxylic acids is 3. The maximum absolute atomic E-state index is 13.2. The van der Waals surface area contributed by atoms with Gasteiger partial charge in [0, 0.05) is 29.9 Å². The molecule has 3 amide bonds. The van der Waals surface area contributed by atoms with Crippen molar-refractivity contribution in [2.24, 2.45) is 0 Å². The topological polar surface area (TPSA) is 84.3 Å². The minimum absolute atomic E-state index is 0.145. The maximum atomic E-state index is 13.2. The third-order valence-corrected chi connectivity index (χ3v) is 5.31. The quantitative estimate of drug-likeness (QED) is 0.826. The molecule has 4 rings (SSSR count). The largest absolute Gasteiger partial charge is 0.309 e. The number of carbonyl (C=O) groups is 3. The summed E-state index contributed by atoms with van der Waals surface area (Å²) in [4.78, 5) is 36.8. The first-order chi connectivity index (χ1) is 12.5. The van der Waals surface area contributed by atoms with Crippen LogP contribution in [0.1, 0.15) is 24.1 Å². The number of amides is 3. The second-order valence-corrected chi connectivity index (χ2v) is 7.06. The van der Waals surface area contributed by atoms with Crippen molar-refractivity contribution in [3.63, 3.8) is 0 Å². The summed E-state index contributed by atoms with van der Waals surface area (Å²) >= 11 is 1.69. The summed E-state index contributed by atoms with van der Waals surface area (Å²) in [5, 5.41) is 7.30. The summed E-state index contributed by atoms with van der Waals surface area (Å²) in [6, 6.07) is 5.80. The van der Waals surface area contributed by atoms with Crippen LogP contribution >= 0.6 is 11.8 Å². The molecule has 0 spiro atoms. The van der Waals surface area contributed by atoms with Crippen molar-refractivity contribution < 1.29 is 18.8 Å². The van der Waals surface area contributed by atoms with Crippen LogP contribution in [-0.2, 0) is 25.9 Å². The highest BCUT2D eigenvalue weighted by atomic mass is 32.2. The number of hydrogen-bond acceptors (Lipinski definition) is 5. The Balaban J connectivity index is 1.61. The Bertz CT molecular complexity index is 893. The van der Waals surface area contributed by atoms with Gasteiger partial charge in [0.1, 0.15) is 18.2 Å². The van der Waals surface area contributed by atoms with Crippen molar-refractivity contribution in [2.45, 2.75) is 24.3 Å². The van der Waals surface area contributed by atoms with Gasteiger partial charge in [-0.15, -0.1) is 0 Å². The fourth-order valence-corrected chi connectivity index (χ4v) is 4.06. The predicted octanol–water partition coefficient (Wildman–Crippen LogP) is 1.85. The number of halogens is 1. The highest BCUT2D eigenvalue weighted by molar-refractivity contribution is 7.98. The standard InChI is InChI=1S/C17H15FN4O3S/c18-10-1-3-11(4-2-10)22-17(12-8-26-9-13(12)20-22)19-14(23)7-21-15(24)5-6-16(21)25/h1-4H,5-9H2,(H,19,23). The molecule has 0 radical (unpaired) electrons. The summed E-state index contributed by atoms with van der Waals surface area (Å²) in [7, 11) is 0. The molecule has 1 N–H and O–H groups in total. The molecule has 1 aromatic heterocycles. The number of rotatable bonds is 4. The number of hydrogen-bond donors (Lipinski definition) is 1. The molecular formula is C17H15FN4O3S. The van der Waals surface area contributed by atoms with Crippen LogP contribution in [0.5, 0.6) is 0 Å². The van der Waals surface area contributed by atoms with Crippen LogP contribution in [0.4, 0.5) is 10.2 Å². The number of benzene rings is 1. The molecule has 0 saturated carbocycles.